The van der Waals surface area contributed by atoms with E-state index in [9.17, 15) is 9.18 Å². The van der Waals surface area contributed by atoms with E-state index in [-0.39, 0.29) is 11.4 Å². The number of hydrogen-bond donors (Lipinski definition) is 1. The minimum absolute atomic E-state index is 0.0676. The average Bonchev–Trinajstić information content (AvgIpc) is 2.73. The normalized spacial score (nSPS) is 17.5. The number of nitrogens with zero attached hydrogens (tertiary/aromatic N) is 5. The van der Waals surface area contributed by atoms with E-state index in [1.807, 2.05) is 6.92 Å². The van der Waals surface area contributed by atoms with E-state index in [0.29, 0.717) is 18.1 Å². The van der Waals surface area contributed by atoms with Crippen LogP contribution < -0.4 is 10.9 Å². The Hall–Kier alpha value is -2.87. The van der Waals surface area contributed by atoms with Crippen molar-refractivity contribution >= 4 is 16.7 Å². The molecule has 1 atom stereocenters. The fourth-order valence-corrected chi connectivity index (χ4v) is 3.91. The van der Waals surface area contributed by atoms with Gasteiger partial charge in [-0.15, -0.1) is 0 Å². The smallest absolute Gasteiger partial charge is 0.266 e. The molecule has 1 aliphatic heterocycles. The molecule has 3 heterocycles. The standard InChI is InChI=1S/C21H25FN6O/c1-15-5-8-20(29)28(26-15)11-10-27-9-3-2-4-17(27)13-23-21-18-7-6-16(22)12-19(18)24-14-25-21/h5-8,12,14,17H,2-4,9-11,13H2,1H3,(H,23,24,25). The van der Waals surface area contributed by atoms with Gasteiger partial charge < -0.3 is 5.32 Å². The highest BCUT2D eigenvalue weighted by atomic mass is 19.1. The first kappa shape index (κ1) is 19.4. The molecular weight excluding hydrogens is 371 g/mol. The van der Waals surface area contributed by atoms with Crippen LogP contribution in [0.3, 0.4) is 0 Å². The molecule has 0 spiro atoms. The highest BCUT2D eigenvalue weighted by molar-refractivity contribution is 5.88. The number of rotatable bonds is 6. The molecule has 7 nitrogen and oxygen atoms in total. The van der Waals surface area contributed by atoms with Gasteiger partial charge in [0, 0.05) is 36.7 Å². The van der Waals surface area contributed by atoms with Crippen LogP contribution in [-0.4, -0.2) is 50.3 Å². The Bertz CT molecular complexity index is 1050. The third-order valence-corrected chi connectivity index (χ3v) is 5.45. The monoisotopic (exact) mass is 396 g/mol. The van der Waals surface area contributed by atoms with Gasteiger partial charge in [0.25, 0.3) is 5.56 Å². The van der Waals surface area contributed by atoms with E-state index >= 15 is 0 Å². The first-order chi connectivity index (χ1) is 14.1. The van der Waals surface area contributed by atoms with Crippen LogP contribution >= 0.6 is 0 Å². The highest BCUT2D eigenvalue weighted by Gasteiger charge is 2.22. The van der Waals surface area contributed by atoms with Gasteiger partial charge in [0.05, 0.1) is 17.8 Å². The zero-order valence-electron chi connectivity index (χ0n) is 16.5. The minimum Gasteiger partial charge on any atom is -0.368 e. The van der Waals surface area contributed by atoms with Crippen LogP contribution in [0.15, 0.2) is 41.5 Å². The zero-order chi connectivity index (χ0) is 20.2. The van der Waals surface area contributed by atoms with Crippen molar-refractivity contribution in [2.24, 2.45) is 0 Å². The molecule has 152 valence electrons. The summed E-state index contributed by atoms with van der Waals surface area (Å²) in [6.45, 7) is 4.98. The third kappa shape index (κ3) is 4.59. The molecule has 4 rings (SSSR count). The maximum atomic E-state index is 13.5. The van der Waals surface area contributed by atoms with Crippen molar-refractivity contribution in [3.63, 3.8) is 0 Å². The van der Waals surface area contributed by atoms with Gasteiger partial charge in [-0.25, -0.2) is 19.0 Å². The lowest BCUT2D eigenvalue weighted by molar-refractivity contribution is 0.148. The molecule has 1 unspecified atom stereocenters. The predicted molar refractivity (Wildman–Crippen MR) is 110 cm³/mol. The Labute approximate surface area is 168 Å². The lowest BCUT2D eigenvalue weighted by Crippen LogP contribution is -2.45. The summed E-state index contributed by atoms with van der Waals surface area (Å²) >= 11 is 0. The number of hydrogen-bond acceptors (Lipinski definition) is 6. The van der Waals surface area contributed by atoms with E-state index in [4.69, 9.17) is 0 Å². The van der Waals surface area contributed by atoms with Gasteiger partial charge >= 0.3 is 0 Å². The minimum atomic E-state index is -0.305. The summed E-state index contributed by atoms with van der Waals surface area (Å²) in [5.41, 5.74) is 1.36. The van der Waals surface area contributed by atoms with Crippen LogP contribution in [0.25, 0.3) is 10.9 Å². The average molecular weight is 396 g/mol. The highest BCUT2D eigenvalue weighted by Crippen LogP contribution is 2.22. The molecule has 0 bridgehead atoms. The number of anilines is 1. The van der Waals surface area contributed by atoms with Gasteiger partial charge in [0.15, 0.2) is 0 Å². The van der Waals surface area contributed by atoms with E-state index in [1.165, 1.54) is 24.9 Å². The Morgan fingerprint density at radius 1 is 1.17 bits per heavy atom. The largest absolute Gasteiger partial charge is 0.368 e. The molecule has 1 N–H and O–H groups in total. The van der Waals surface area contributed by atoms with E-state index < -0.39 is 0 Å². The maximum Gasteiger partial charge on any atom is 0.266 e. The summed E-state index contributed by atoms with van der Waals surface area (Å²) in [5, 5.41) is 8.57. The molecule has 29 heavy (non-hydrogen) atoms. The van der Waals surface area contributed by atoms with Crippen molar-refractivity contribution in [2.45, 2.75) is 38.8 Å². The summed E-state index contributed by atoms with van der Waals surface area (Å²) in [5.74, 6) is 0.415. The molecule has 1 aliphatic rings. The van der Waals surface area contributed by atoms with E-state index in [0.717, 1.165) is 49.4 Å². The van der Waals surface area contributed by atoms with Gasteiger partial charge in [0.1, 0.15) is 18.0 Å². The van der Waals surface area contributed by atoms with Gasteiger partial charge in [-0.05, 0) is 44.5 Å². The first-order valence-electron chi connectivity index (χ1n) is 10.0. The van der Waals surface area contributed by atoms with Crippen molar-refractivity contribution in [3.05, 3.63) is 58.5 Å². The second-order valence-corrected chi connectivity index (χ2v) is 7.49. The Balaban J connectivity index is 1.43. The van der Waals surface area contributed by atoms with Gasteiger partial charge in [-0.2, -0.15) is 5.10 Å². The molecule has 8 heteroatoms. The topological polar surface area (TPSA) is 75.9 Å². The quantitative estimate of drug-likeness (QED) is 0.690. The number of aromatic nitrogens is 4. The van der Waals surface area contributed by atoms with Crippen LogP contribution in [0, 0.1) is 12.7 Å². The number of nitrogens with one attached hydrogen (secondary N) is 1. The Kier molecular flexibility index (Phi) is 5.80. The lowest BCUT2D eigenvalue weighted by Gasteiger charge is -2.36. The maximum absolute atomic E-state index is 13.5. The molecule has 0 amide bonds. The first-order valence-corrected chi connectivity index (χ1v) is 10.0. The molecule has 0 aliphatic carbocycles. The van der Waals surface area contributed by atoms with Crippen LogP contribution in [0.5, 0.6) is 0 Å². The fourth-order valence-electron chi connectivity index (χ4n) is 3.91. The van der Waals surface area contributed by atoms with Crippen molar-refractivity contribution in [1.82, 2.24) is 24.6 Å². The Morgan fingerprint density at radius 2 is 2.07 bits per heavy atom. The second kappa shape index (κ2) is 8.65. The summed E-state index contributed by atoms with van der Waals surface area (Å²) in [4.78, 5) is 22.9. The number of halogens is 1. The molecule has 0 radical (unpaired) electrons. The zero-order valence-corrected chi connectivity index (χ0v) is 16.5. The molecule has 1 aromatic carbocycles. The summed E-state index contributed by atoms with van der Waals surface area (Å²) < 4.78 is 15.0. The molecule has 2 aromatic heterocycles. The third-order valence-electron chi connectivity index (χ3n) is 5.45. The van der Waals surface area contributed by atoms with E-state index in [2.05, 4.69) is 25.3 Å². The van der Waals surface area contributed by atoms with Crippen molar-refractivity contribution in [3.8, 4) is 0 Å². The van der Waals surface area contributed by atoms with Crippen LogP contribution in [-0.2, 0) is 6.54 Å². The number of fused-ring (bicyclic) bond motifs is 1. The summed E-state index contributed by atoms with van der Waals surface area (Å²) in [6.07, 6.45) is 4.88. The van der Waals surface area contributed by atoms with Crippen LogP contribution in [0.1, 0.15) is 25.0 Å². The van der Waals surface area contributed by atoms with Crippen molar-refractivity contribution in [1.29, 1.82) is 0 Å². The predicted octanol–water partition coefficient (Wildman–Crippen LogP) is 2.60. The second-order valence-electron chi connectivity index (χ2n) is 7.49. The number of likely N-dealkylation sites (tertiary alicyclic amines) is 1. The van der Waals surface area contributed by atoms with Gasteiger partial charge in [-0.3, -0.25) is 9.69 Å². The lowest BCUT2D eigenvalue weighted by atomic mass is 10.0. The molecular formula is C21H25FN6O. The SMILES string of the molecule is Cc1ccc(=O)n(CCN2CCCCC2CNc2ncnc3cc(F)ccc23)n1. The van der Waals surface area contributed by atoms with Crippen molar-refractivity contribution in [2.75, 3.05) is 25.0 Å². The summed E-state index contributed by atoms with van der Waals surface area (Å²) in [7, 11) is 0. The summed E-state index contributed by atoms with van der Waals surface area (Å²) in [6, 6.07) is 8.21. The number of benzene rings is 1. The molecule has 1 fully saturated rings. The Morgan fingerprint density at radius 3 is 2.97 bits per heavy atom. The molecule has 0 saturated carbocycles. The molecule has 3 aromatic rings. The number of piperidine rings is 1. The van der Waals surface area contributed by atoms with E-state index in [1.54, 1.807) is 22.9 Å². The molecule has 1 saturated heterocycles. The number of aryl methyl sites for hydroxylation is 1. The van der Waals surface area contributed by atoms with Gasteiger partial charge in [-0.1, -0.05) is 6.42 Å². The fraction of sp³-hybridized carbons (Fsp3) is 0.429. The van der Waals surface area contributed by atoms with Gasteiger partial charge in [0.2, 0.25) is 0 Å². The van der Waals surface area contributed by atoms with Crippen molar-refractivity contribution < 1.29 is 4.39 Å². The van der Waals surface area contributed by atoms with Crippen LogP contribution in [0.4, 0.5) is 10.2 Å². The van der Waals surface area contributed by atoms with Crippen LogP contribution in [0.2, 0.25) is 0 Å².